The maximum atomic E-state index is 13.7. The summed E-state index contributed by atoms with van der Waals surface area (Å²) in [5.41, 5.74) is 1.03. The van der Waals surface area contributed by atoms with Gasteiger partial charge in [-0.3, -0.25) is 9.69 Å². The summed E-state index contributed by atoms with van der Waals surface area (Å²) in [6.07, 6.45) is 7.08. The van der Waals surface area contributed by atoms with Crippen molar-refractivity contribution in [3.05, 3.63) is 29.8 Å². The summed E-state index contributed by atoms with van der Waals surface area (Å²) < 4.78 is 32.7. The van der Waals surface area contributed by atoms with E-state index in [4.69, 9.17) is 4.74 Å². The van der Waals surface area contributed by atoms with E-state index in [1.807, 2.05) is 30.0 Å². The molecule has 7 heteroatoms. The fraction of sp³-hybridized carbons (Fsp3) is 0.708. The van der Waals surface area contributed by atoms with Crippen LogP contribution in [0.5, 0.6) is 0 Å². The van der Waals surface area contributed by atoms with Gasteiger partial charge in [0, 0.05) is 32.2 Å². The van der Waals surface area contributed by atoms with E-state index in [0.29, 0.717) is 56.8 Å². The van der Waals surface area contributed by atoms with E-state index in [9.17, 15) is 13.2 Å². The van der Waals surface area contributed by atoms with Crippen molar-refractivity contribution in [1.29, 1.82) is 0 Å². The lowest BCUT2D eigenvalue weighted by atomic mass is 9.89. The zero-order valence-corrected chi connectivity index (χ0v) is 19.5. The Morgan fingerprint density at radius 3 is 2.55 bits per heavy atom. The molecule has 2 heterocycles. The topological polar surface area (TPSA) is 66.9 Å². The van der Waals surface area contributed by atoms with Gasteiger partial charge in [0.25, 0.3) is 0 Å². The lowest BCUT2D eigenvalue weighted by Crippen LogP contribution is -2.55. The van der Waals surface area contributed by atoms with Crippen LogP contribution in [0.25, 0.3) is 0 Å². The monoisotopic (exact) mass is 448 g/mol. The van der Waals surface area contributed by atoms with Crippen LogP contribution in [0, 0.1) is 5.92 Å². The first-order chi connectivity index (χ1) is 15.0. The van der Waals surface area contributed by atoms with E-state index in [-0.39, 0.29) is 11.8 Å². The van der Waals surface area contributed by atoms with Crippen LogP contribution < -0.4 is 0 Å². The summed E-state index contributed by atoms with van der Waals surface area (Å²) >= 11 is 0. The number of carbonyl (C=O) groups excluding carboxylic acids is 1. The molecule has 1 amide bonds. The van der Waals surface area contributed by atoms with Crippen molar-refractivity contribution < 1.29 is 17.9 Å². The standard InChI is InChI=1S/C24H36N2O4S/c1-2-19-7-6-10-22(15-19)31(28,29)23-16-20(24(27)25-11-13-30-14-12-25)17-26(18-23)21-8-4-3-5-9-21/h6-7,10,15,20-21,23H,2-5,8-9,11-14,16-18H2,1H3/t20-,23+/m1/s1. The molecule has 4 rings (SSSR count). The van der Waals surface area contributed by atoms with E-state index in [2.05, 4.69) is 4.90 Å². The Kier molecular flexibility index (Phi) is 7.34. The number of benzene rings is 1. The Morgan fingerprint density at radius 2 is 1.84 bits per heavy atom. The average Bonchev–Trinajstić information content (AvgIpc) is 2.84. The molecule has 3 aliphatic rings. The van der Waals surface area contributed by atoms with E-state index < -0.39 is 15.1 Å². The summed E-state index contributed by atoms with van der Waals surface area (Å²) in [5, 5.41) is -0.537. The summed E-state index contributed by atoms with van der Waals surface area (Å²) in [4.78, 5) is 17.9. The maximum absolute atomic E-state index is 13.7. The van der Waals surface area contributed by atoms with Crippen LogP contribution in [-0.2, 0) is 25.8 Å². The van der Waals surface area contributed by atoms with Gasteiger partial charge in [-0.15, -0.1) is 0 Å². The van der Waals surface area contributed by atoms with E-state index in [1.54, 1.807) is 6.07 Å². The van der Waals surface area contributed by atoms with Crippen molar-refractivity contribution in [2.75, 3.05) is 39.4 Å². The van der Waals surface area contributed by atoms with Crippen molar-refractivity contribution in [1.82, 2.24) is 9.80 Å². The van der Waals surface area contributed by atoms with Crippen molar-refractivity contribution in [3.8, 4) is 0 Å². The first kappa shape index (κ1) is 22.7. The Hall–Kier alpha value is -1.44. The first-order valence-electron chi connectivity index (χ1n) is 11.9. The van der Waals surface area contributed by atoms with Crippen LogP contribution in [0.3, 0.4) is 0 Å². The molecule has 0 aromatic heterocycles. The van der Waals surface area contributed by atoms with E-state index in [0.717, 1.165) is 24.8 Å². The lowest BCUT2D eigenvalue weighted by molar-refractivity contribution is -0.141. The van der Waals surface area contributed by atoms with Crippen molar-refractivity contribution in [3.63, 3.8) is 0 Å². The van der Waals surface area contributed by atoms with Gasteiger partial charge < -0.3 is 9.64 Å². The fourth-order valence-corrected chi connectivity index (χ4v) is 7.25. The number of nitrogens with zero attached hydrogens (tertiary/aromatic N) is 2. The van der Waals surface area contributed by atoms with Gasteiger partial charge in [-0.25, -0.2) is 8.42 Å². The number of rotatable bonds is 5. The number of likely N-dealkylation sites (tertiary alicyclic amines) is 1. The Balaban J connectivity index is 1.59. The second-order valence-electron chi connectivity index (χ2n) is 9.28. The minimum absolute atomic E-state index is 0.103. The molecule has 2 atom stereocenters. The van der Waals surface area contributed by atoms with Gasteiger partial charge in [0.1, 0.15) is 0 Å². The number of amides is 1. The highest BCUT2D eigenvalue weighted by atomic mass is 32.2. The number of carbonyl (C=O) groups is 1. The predicted molar refractivity (Wildman–Crippen MR) is 121 cm³/mol. The molecule has 6 nitrogen and oxygen atoms in total. The van der Waals surface area contributed by atoms with E-state index in [1.165, 1.54) is 19.3 Å². The van der Waals surface area contributed by atoms with Gasteiger partial charge in [-0.1, -0.05) is 38.3 Å². The summed E-state index contributed by atoms with van der Waals surface area (Å²) in [6, 6.07) is 7.73. The number of sulfone groups is 1. The van der Waals surface area contributed by atoms with Crippen molar-refractivity contribution in [2.24, 2.45) is 5.92 Å². The molecule has 31 heavy (non-hydrogen) atoms. The highest BCUT2D eigenvalue weighted by Gasteiger charge is 2.42. The number of hydrogen-bond donors (Lipinski definition) is 0. The second-order valence-corrected chi connectivity index (χ2v) is 11.5. The minimum Gasteiger partial charge on any atom is -0.378 e. The number of aryl methyl sites for hydroxylation is 1. The number of hydrogen-bond acceptors (Lipinski definition) is 5. The first-order valence-corrected chi connectivity index (χ1v) is 13.5. The van der Waals surface area contributed by atoms with Gasteiger partial charge in [0.05, 0.1) is 29.3 Å². The lowest BCUT2D eigenvalue weighted by Gasteiger charge is -2.43. The Morgan fingerprint density at radius 1 is 1.10 bits per heavy atom. The number of morpholine rings is 1. The molecule has 3 fully saturated rings. The molecule has 0 N–H and O–H groups in total. The van der Waals surface area contributed by atoms with Crippen LogP contribution >= 0.6 is 0 Å². The highest BCUT2D eigenvalue weighted by molar-refractivity contribution is 7.92. The normalized spacial score (nSPS) is 26.7. The third kappa shape index (κ3) is 5.15. The van der Waals surface area contributed by atoms with Crippen LogP contribution in [0.2, 0.25) is 0 Å². The molecular formula is C24H36N2O4S. The van der Waals surface area contributed by atoms with Gasteiger partial charge in [0.2, 0.25) is 5.91 Å². The Bertz CT molecular complexity index is 860. The zero-order valence-electron chi connectivity index (χ0n) is 18.7. The van der Waals surface area contributed by atoms with Gasteiger partial charge in [-0.2, -0.15) is 0 Å². The number of ether oxygens (including phenoxy) is 1. The smallest absolute Gasteiger partial charge is 0.227 e. The van der Waals surface area contributed by atoms with Gasteiger partial charge in [0.15, 0.2) is 9.84 Å². The zero-order chi connectivity index (χ0) is 21.8. The molecule has 1 aromatic carbocycles. The molecule has 1 aromatic rings. The molecule has 1 aliphatic carbocycles. The van der Waals surface area contributed by atoms with Gasteiger partial charge >= 0.3 is 0 Å². The van der Waals surface area contributed by atoms with Crippen molar-refractivity contribution in [2.45, 2.75) is 68.1 Å². The molecule has 2 saturated heterocycles. The highest BCUT2D eigenvalue weighted by Crippen LogP contribution is 2.33. The fourth-order valence-electron chi connectivity index (χ4n) is 5.41. The molecule has 1 saturated carbocycles. The molecule has 0 unspecified atom stereocenters. The third-order valence-electron chi connectivity index (χ3n) is 7.28. The van der Waals surface area contributed by atoms with Gasteiger partial charge in [-0.05, 0) is 43.4 Å². The molecule has 0 radical (unpaired) electrons. The number of piperidine rings is 1. The van der Waals surface area contributed by atoms with Crippen molar-refractivity contribution >= 4 is 15.7 Å². The molecule has 0 bridgehead atoms. The predicted octanol–water partition coefficient (Wildman–Crippen LogP) is 2.90. The molecule has 172 valence electrons. The Labute approximate surface area is 186 Å². The molecule has 0 spiro atoms. The SMILES string of the molecule is CCc1cccc(S(=O)(=O)[C@H]2C[C@@H](C(=O)N3CCOCC3)CN(C3CCCCC3)C2)c1. The third-order valence-corrected chi connectivity index (χ3v) is 9.41. The van der Waals surface area contributed by atoms with Crippen LogP contribution in [-0.4, -0.2) is 74.8 Å². The molecule has 2 aliphatic heterocycles. The van der Waals surface area contributed by atoms with E-state index >= 15 is 0 Å². The van der Waals surface area contributed by atoms with Crippen LogP contribution in [0.15, 0.2) is 29.2 Å². The molecular weight excluding hydrogens is 412 g/mol. The quantitative estimate of drug-likeness (QED) is 0.693. The minimum atomic E-state index is -3.50. The summed E-state index contributed by atoms with van der Waals surface area (Å²) in [5.74, 6) is -0.158. The average molecular weight is 449 g/mol. The summed E-state index contributed by atoms with van der Waals surface area (Å²) in [6.45, 7) is 5.60. The largest absolute Gasteiger partial charge is 0.378 e. The van der Waals surface area contributed by atoms with Crippen LogP contribution in [0.4, 0.5) is 0 Å². The second kappa shape index (κ2) is 10.0. The summed E-state index contributed by atoms with van der Waals surface area (Å²) in [7, 11) is -3.50. The van der Waals surface area contributed by atoms with Crippen LogP contribution in [0.1, 0.15) is 51.0 Å². The maximum Gasteiger partial charge on any atom is 0.227 e.